The molecule has 0 fully saturated rings. The summed E-state index contributed by atoms with van der Waals surface area (Å²) in [7, 11) is -0.846. The molecule has 0 N–H and O–H groups in total. The molecule has 1 aromatic heterocycles. The topological polar surface area (TPSA) is 81.5 Å². The molecule has 0 aliphatic carbocycles. The first kappa shape index (κ1) is 17.9. The van der Waals surface area contributed by atoms with E-state index in [0.29, 0.717) is 5.56 Å². The maximum absolute atomic E-state index is 12.6. The summed E-state index contributed by atoms with van der Waals surface area (Å²) in [6.07, 6.45) is 4.74. The maximum Gasteiger partial charge on any atom is 0.321 e. The van der Waals surface area contributed by atoms with E-state index in [4.69, 9.17) is 0 Å². The molecule has 2 aromatic rings. The van der Waals surface area contributed by atoms with Crippen LogP contribution in [0.5, 0.6) is 0 Å². The van der Waals surface area contributed by atoms with E-state index < -0.39 is 16.0 Å². The van der Waals surface area contributed by atoms with Crippen molar-refractivity contribution < 1.29 is 17.9 Å². The zero-order valence-corrected chi connectivity index (χ0v) is 14.3. The Morgan fingerprint density at radius 3 is 2.62 bits per heavy atom. The lowest BCUT2D eigenvalue weighted by atomic mass is 10.2. The quantitative estimate of drug-likeness (QED) is 0.706. The van der Waals surface area contributed by atoms with Crippen LogP contribution in [0.2, 0.25) is 0 Å². The number of methoxy groups -OCH3 is 1. The summed E-state index contributed by atoms with van der Waals surface area (Å²) in [5, 5.41) is 5.09. The third kappa shape index (κ3) is 5.04. The van der Waals surface area contributed by atoms with E-state index in [1.165, 1.54) is 13.2 Å². The van der Waals surface area contributed by atoms with Crippen LogP contribution >= 0.6 is 0 Å². The van der Waals surface area contributed by atoms with Crippen molar-refractivity contribution in [1.82, 2.24) is 14.1 Å². The fourth-order valence-corrected chi connectivity index (χ4v) is 3.13. The highest BCUT2D eigenvalue weighted by Crippen LogP contribution is 2.12. The number of ether oxygens (including phenoxy) is 1. The van der Waals surface area contributed by atoms with Crippen molar-refractivity contribution in [1.29, 1.82) is 0 Å². The zero-order chi connectivity index (χ0) is 17.6. The molecule has 1 heterocycles. The molecule has 8 heteroatoms. The minimum Gasteiger partial charge on any atom is -0.468 e. The van der Waals surface area contributed by atoms with Gasteiger partial charge in [-0.3, -0.25) is 9.48 Å². The molecule has 7 nitrogen and oxygen atoms in total. The Morgan fingerprint density at radius 1 is 1.33 bits per heavy atom. The van der Waals surface area contributed by atoms with Crippen molar-refractivity contribution in [3.8, 4) is 0 Å². The minimum atomic E-state index is -3.80. The van der Waals surface area contributed by atoms with Crippen molar-refractivity contribution in [3.05, 3.63) is 59.3 Å². The molecule has 0 spiro atoms. The zero-order valence-electron chi connectivity index (χ0n) is 13.5. The highest BCUT2D eigenvalue weighted by molar-refractivity contribution is 7.92. The lowest BCUT2D eigenvalue weighted by Gasteiger charge is -2.18. The van der Waals surface area contributed by atoms with E-state index in [0.717, 1.165) is 15.3 Å². The molecule has 0 aliphatic heterocycles. The Kier molecular flexibility index (Phi) is 5.88. The molecule has 0 saturated carbocycles. The lowest BCUT2D eigenvalue weighted by molar-refractivity contribution is -0.140. The molecule has 0 amide bonds. The second-order valence-electron chi connectivity index (χ2n) is 5.12. The lowest BCUT2D eigenvalue weighted by Crippen LogP contribution is -2.34. The molecule has 0 aliphatic rings. The van der Waals surface area contributed by atoms with Crippen LogP contribution in [0.15, 0.2) is 48.1 Å². The predicted molar refractivity (Wildman–Crippen MR) is 90.0 cm³/mol. The van der Waals surface area contributed by atoms with E-state index in [2.05, 4.69) is 9.84 Å². The third-order valence-corrected chi connectivity index (χ3v) is 4.70. The van der Waals surface area contributed by atoms with Gasteiger partial charge in [-0.1, -0.05) is 30.3 Å². The van der Waals surface area contributed by atoms with Crippen LogP contribution in [0.1, 0.15) is 11.1 Å². The van der Waals surface area contributed by atoms with Crippen molar-refractivity contribution in [2.75, 3.05) is 13.7 Å². The van der Waals surface area contributed by atoms with E-state index in [9.17, 15) is 13.2 Å². The second kappa shape index (κ2) is 7.89. The van der Waals surface area contributed by atoms with E-state index in [1.54, 1.807) is 36.3 Å². The number of aryl methyl sites for hydroxylation is 1. The second-order valence-corrected chi connectivity index (χ2v) is 6.94. The summed E-state index contributed by atoms with van der Waals surface area (Å²) in [5.41, 5.74) is 1.43. The number of carbonyl (C=O) groups is 1. The van der Waals surface area contributed by atoms with Crippen molar-refractivity contribution >= 4 is 22.1 Å². The summed E-state index contributed by atoms with van der Waals surface area (Å²) in [4.78, 5) is 11.6. The van der Waals surface area contributed by atoms with Crippen LogP contribution in [0, 0.1) is 0 Å². The SMILES string of the molecule is COC(=O)CN(Cc1cnn(C)c1)S(=O)(=O)/C=C\c1ccccc1. The van der Waals surface area contributed by atoms with Gasteiger partial charge in [0.2, 0.25) is 10.0 Å². The molecule has 24 heavy (non-hydrogen) atoms. The molecular weight excluding hydrogens is 330 g/mol. The number of esters is 1. The number of aromatic nitrogens is 2. The van der Waals surface area contributed by atoms with Gasteiger partial charge in [-0.15, -0.1) is 0 Å². The average Bonchev–Trinajstić information content (AvgIpc) is 2.98. The summed E-state index contributed by atoms with van der Waals surface area (Å²) < 4.78 is 32.4. The average molecular weight is 349 g/mol. The van der Waals surface area contributed by atoms with Crippen molar-refractivity contribution in [3.63, 3.8) is 0 Å². The van der Waals surface area contributed by atoms with Gasteiger partial charge in [0, 0.05) is 30.8 Å². The van der Waals surface area contributed by atoms with Crippen LogP contribution in [0.3, 0.4) is 0 Å². The first-order valence-corrected chi connectivity index (χ1v) is 8.68. The molecule has 128 valence electrons. The molecular formula is C16H19N3O4S. The van der Waals surface area contributed by atoms with Gasteiger partial charge in [-0.25, -0.2) is 8.42 Å². The summed E-state index contributed by atoms with van der Waals surface area (Å²) in [6, 6.07) is 9.05. The van der Waals surface area contributed by atoms with Gasteiger partial charge < -0.3 is 4.74 Å². The largest absolute Gasteiger partial charge is 0.468 e. The van der Waals surface area contributed by atoms with Crippen LogP contribution < -0.4 is 0 Å². The third-order valence-electron chi connectivity index (χ3n) is 3.24. The highest BCUT2D eigenvalue weighted by Gasteiger charge is 2.23. The van der Waals surface area contributed by atoms with E-state index in [1.807, 2.05) is 18.2 Å². The summed E-state index contributed by atoms with van der Waals surface area (Å²) in [6.45, 7) is -0.336. The number of hydrogen-bond donors (Lipinski definition) is 0. The fourth-order valence-electron chi connectivity index (χ4n) is 2.02. The van der Waals surface area contributed by atoms with Gasteiger partial charge >= 0.3 is 5.97 Å². The molecule has 0 saturated heterocycles. The first-order chi connectivity index (χ1) is 11.4. The Balaban J connectivity index is 2.23. The summed E-state index contributed by atoms with van der Waals surface area (Å²) >= 11 is 0. The smallest absolute Gasteiger partial charge is 0.321 e. The minimum absolute atomic E-state index is 0.0321. The predicted octanol–water partition coefficient (Wildman–Crippen LogP) is 1.40. The molecule has 0 unspecified atom stereocenters. The van der Waals surface area contributed by atoms with E-state index in [-0.39, 0.29) is 13.1 Å². The molecule has 0 radical (unpaired) electrons. The number of sulfonamides is 1. The summed E-state index contributed by atoms with van der Waals surface area (Å²) in [5.74, 6) is -0.629. The fraction of sp³-hybridized carbons (Fsp3) is 0.250. The monoisotopic (exact) mass is 349 g/mol. The van der Waals surface area contributed by atoms with Gasteiger partial charge in [-0.2, -0.15) is 9.40 Å². The normalized spacial score (nSPS) is 12.0. The van der Waals surface area contributed by atoms with Crippen LogP contribution in [-0.2, 0) is 33.1 Å². The highest BCUT2D eigenvalue weighted by atomic mass is 32.2. The van der Waals surface area contributed by atoms with Gasteiger partial charge in [0.05, 0.1) is 13.3 Å². The van der Waals surface area contributed by atoms with E-state index >= 15 is 0 Å². The van der Waals surface area contributed by atoms with Gasteiger partial charge in [0.15, 0.2) is 0 Å². The Morgan fingerprint density at radius 2 is 2.04 bits per heavy atom. The number of hydrogen-bond acceptors (Lipinski definition) is 5. The van der Waals surface area contributed by atoms with Crippen LogP contribution in [0.25, 0.3) is 6.08 Å². The number of carbonyl (C=O) groups excluding carboxylic acids is 1. The van der Waals surface area contributed by atoms with Gasteiger partial charge in [0.25, 0.3) is 0 Å². The van der Waals surface area contributed by atoms with Gasteiger partial charge in [0.1, 0.15) is 6.54 Å². The van der Waals surface area contributed by atoms with Gasteiger partial charge in [-0.05, 0) is 11.6 Å². The molecule has 2 rings (SSSR count). The Labute approximate surface area is 141 Å². The first-order valence-electron chi connectivity index (χ1n) is 7.18. The Hall–Kier alpha value is -2.45. The van der Waals surface area contributed by atoms with Crippen LogP contribution in [-0.4, -0.2) is 42.1 Å². The molecule has 0 bridgehead atoms. The number of nitrogens with zero attached hydrogens (tertiary/aromatic N) is 3. The molecule has 0 atom stereocenters. The number of benzene rings is 1. The van der Waals surface area contributed by atoms with Crippen molar-refractivity contribution in [2.45, 2.75) is 6.54 Å². The van der Waals surface area contributed by atoms with Crippen molar-refractivity contribution in [2.24, 2.45) is 7.05 Å². The number of rotatable bonds is 7. The Bertz CT molecular complexity index is 813. The standard InChI is InChI=1S/C16H19N3O4S/c1-18-11-15(10-17-18)12-19(13-16(20)23-2)24(21,22)9-8-14-6-4-3-5-7-14/h3-11H,12-13H2,1-2H3/b9-8-. The van der Waals surface area contributed by atoms with Crippen LogP contribution in [0.4, 0.5) is 0 Å². The molecule has 1 aromatic carbocycles. The maximum atomic E-state index is 12.6.